The third kappa shape index (κ3) is 10.7. The van der Waals surface area contributed by atoms with Crippen molar-refractivity contribution in [1.29, 1.82) is 0 Å². The molecule has 3 rings (SSSR count). The molecule has 0 radical (unpaired) electrons. The van der Waals surface area contributed by atoms with Gasteiger partial charge in [-0.05, 0) is 69.6 Å². The van der Waals surface area contributed by atoms with Crippen molar-refractivity contribution in [2.45, 2.75) is 123 Å². The smallest absolute Gasteiger partial charge is 0.335 e. The van der Waals surface area contributed by atoms with Gasteiger partial charge in [0.25, 0.3) is 0 Å². The number of amides is 3. The standard InChI is InChI=1S/C37H53N3O12/c1-18(2)28(39-27(42)16-40-20(4)13-19(3)34(40)47)33(46)38-21(5)25(41)15-22-9-10-24(17-51-36(50)37(6,7)8)23(14-22)11-12-26-29(43)30(44)31(45)32(52-26)35(48)49/h9-10,14,18-19,21,26,28-32,43-45H,4,11-13,15-17H2,1-3,5-8H3,(H,38,46)(H,39,42)(H,48,49)/t19?,21-,26-,28-,29-,30+,31-,32-/m0/s1. The molecule has 288 valence electrons. The van der Waals surface area contributed by atoms with E-state index in [1.165, 1.54) is 11.8 Å². The molecule has 6 N–H and O–H groups in total. The van der Waals surface area contributed by atoms with E-state index < -0.39 is 71.8 Å². The lowest BCUT2D eigenvalue weighted by Crippen LogP contribution is -2.59. The highest BCUT2D eigenvalue weighted by molar-refractivity contribution is 5.95. The summed E-state index contributed by atoms with van der Waals surface area (Å²) in [5, 5.41) is 45.6. The first-order valence-corrected chi connectivity index (χ1v) is 17.4. The maximum absolute atomic E-state index is 13.3. The number of aryl methyl sites for hydroxylation is 1. The second-order valence-corrected chi connectivity index (χ2v) is 15.1. The Hall–Kier alpha value is -4.18. The SMILES string of the molecule is C=C1CC(C)C(=O)N1CC(=O)N[C@H](C(=O)N[C@@H](C)C(=O)Cc1ccc(COC(=O)C(C)(C)C)c(CC[C@@H]2O[C@H](C(=O)O)[C@@H](O)[C@H](O)[C@H]2O)c1)C(C)C. The zero-order chi connectivity index (χ0) is 39.2. The first-order valence-electron chi connectivity index (χ1n) is 17.4. The van der Waals surface area contributed by atoms with E-state index in [-0.39, 0.29) is 55.9 Å². The predicted molar refractivity (Wildman–Crippen MR) is 186 cm³/mol. The molecule has 0 aliphatic carbocycles. The van der Waals surface area contributed by atoms with E-state index in [2.05, 4.69) is 17.2 Å². The number of rotatable bonds is 15. The average molecular weight is 732 g/mol. The minimum absolute atomic E-state index is 0.0141. The van der Waals surface area contributed by atoms with Crippen LogP contribution in [0.1, 0.15) is 78.0 Å². The number of esters is 1. The number of ketones is 1. The molecular formula is C37H53N3O12. The van der Waals surface area contributed by atoms with Crippen LogP contribution in [0.3, 0.4) is 0 Å². The monoisotopic (exact) mass is 731 g/mol. The maximum Gasteiger partial charge on any atom is 0.335 e. The predicted octanol–water partition coefficient (Wildman–Crippen LogP) is 0.782. The number of Topliss-reactive ketones (excluding diaryl/α,β-unsaturated/α-hetero) is 1. The molecule has 52 heavy (non-hydrogen) atoms. The average Bonchev–Trinajstić information content (AvgIpc) is 3.29. The first-order chi connectivity index (χ1) is 24.1. The van der Waals surface area contributed by atoms with E-state index in [0.717, 1.165) is 0 Å². The summed E-state index contributed by atoms with van der Waals surface area (Å²) in [6.45, 7) is 15.3. The highest BCUT2D eigenvalue weighted by atomic mass is 16.6. The van der Waals surface area contributed by atoms with Gasteiger partial charge in [-0.15, -0.1) is 0 Å². The molecule has 2 aliphatic rings. The number of allylic oxidation sites excluding steroid dienone is 1. The van der Waals surface area contributed by atoms with E-state index in [9.17, 15) is 49.2 Å². The summed E-state index contributed by atoms with van der Waals surface area (Å²) in [6, 6.07) is 3.12. The number of aliphatic hydroxyl groups is 3. The fourth-order valence-corrected chi connectivity index (χ4v) is 6.01. The lowest BCUT2D eigenvalue weighted by Gasteiger charge is -2.39. The molecule has 2 saturated heterocycles. The van der Waals surface area contributed by atoms with Gasteiger partial charge < -0.3 is 45.4 Å². The van der Waals surface area contributed by atoms with Crippen molar-refractivity contribution in [3.8, 4) is 0 Å². The highest BCUT2D eigenvalue weighted by Gasteiger charge is 2.46. The number of carbonyl (C=O) groups excluding carboxylic acids is 5. The van der Waals surface area contributed by atoms with Crippen LogP contribution in [0.4, 0.5) is 0 Å². The van der Waals surface area contributed by atoms with Crippen molar-refractivity contribution in [2.75, 3.05) is 6.54 Å². The van der Waals surface area contributed by atoms with Gasteiger partial charge >= 0.3 is 11.9 Å². The number of carboxylic acid groups (broad SMARTS) is 1. The van der Waals surface area contributed by atoms with Crippen molar-refractivity contribution < 1.29 is 58.7 Å². The number of benzene rings is 1. The molecule has 0 spiro atoms. The molecule has 1 aromatic rings. The van der Waals surface area contributed by atoms with Crippen LogP contribution in [-0.2, 0) is 57.7 Å². The molecule has 1 aromatic carbocycles. The van der Waals surface area contributed by atoms with E-state index in [1.807, 2.05) is 0 Å². The van der Waals surface area contributed by atoms with Gasteiger partial charge in [0.1, 0.15) is 37.5 Å². The van der Waals surface area contributed by atoms with Crippen LogP contribution < -0.4 is 10.6 Å². The molecule has 0 bridgehead atoms. The van der Waals surface area contributed by atoms with Gasteiger partial charge in [0, 0.05) is 18.0 Å². The topological polar surface area (TPSA) is 229 Å². The zero-order valence-corrected chi connectivity index (χ0v) is 30.9. The number of aliphatic hydroxyl groups excluding tert-OH is 3. The van der Waals surface area contributed by atoms with Crippen LogP contribution in [0.25, 0.3) is 0 Å². The number of aliphatic carboxylic acids is 1. The molecule has 2 fully saturated rings. The Labute approximate surface area is 303 Å². The second kappa shape index (κ2) is 17.6. The molecule has 15 heteroatoms. The van der Waals surface area contributed by atoms with Crippen LogP contribution >= 0.6 is 0 Å². The quantitative estimate of drug-likeness (QED) is 0.138. The van der Waals surface area contributed by atoms with Gasteiger partial charge in [-0.1, -0.05) is 45.5 Å². The Bertz CT molecular complexity index is 1540. The van der Waals surface area contributed by atoms with Gasteiger partial charge in [-0.3, -0.25) is 24.0 Å². The third-order valence-corrected chi connectivity index (χ3v) is 9.29. The number of likely N-dealkylation sites (tertiary alicyclic amines) is 1. The van der Waals surface area contributed by atoms with Crippen LogP contribution in [0.2, 0.25) is 0 Å². The highest BCUT2D eigenvalue weighted by Crippen LogP contribution is 2.27. The van der Waals surface area contributed by atoms with E-state index in [1.54, 1.807) is 59.7 Å². The molecule has 0 saturated carbocycles. The molecule has 3 amide bonds. The minimum Gasteiger partial charge on any atom is -0.479 e. The summed E-state index contributed by atoms with van der Waals surface area (Å²) in [7, 11) is 0. The Morgan fingerprint density at radius 2 is 1.67 bits per heavy atom. The number of hydrogen-bond acceptors (Lipinski definition) is 11. The summed E-state index contributed by atoms with van der Waals surface area (Å²) in [4.78, 5) is 77.2. The lowest BCUT2D eigenvalue weighted by atomic mass is 9.90. The zero-order valence-electron chi connectivity index (χ0n) is 30.9. The van der Waals surface area contributed by atoms with Gasteiger partial charge in [-0.25, -0.2) is 4.79 Å². The number of carbonyl (C=O) groups is 6. The van der Waals surface area contributed by atoms with Crippen LogP contribution in [-0.4, -0.2) is 110 Å². The summed E-state index contributed by atoms with van der Waals surface area (Å²) < 4.78 is 10.9. The van der Waals surface area contributed by atoms with Crippen molar-refractivity contribution in [3.63, 3.8) is 0 Å². The van der Waals surface area contributed by atoms with E-state index in [0.29, 0.717) is 28.8 Å². The Morgan fingerprint density at radius 1 is 1.02 bits per heavy atom. The van der Waals surface area contributed by atoms with Gasteiger partial charge in [0.2, 0.25) is 17.7 Å². The molecule has 1 unspecified atom stereocenters. The van der Waals surface area contributed by atoms with Crippen LogP contribution in [0.5, 0.6) is 0 Å². The van der Waals surface area contributed by atoms with E-state index >= 15 is 0 Å². The van der Waals surface area contributed by atoms with Crippen molar-refractivity contribution in [1.82, 2.24) is 15.5 Å². The fraction of sp³-hybridized carbons (Fsp3) is 0.622. The Balaban J connectivity index is 1.72. The van der Waals surface area contributed by atoms with Crippen molar-refractivity contribution in [2.24, 2.45) is 17.3 Å². The summed E-state index contributed by atoms with van der Waals surface area (Å²) >= 11 is 0. The Kier molecular flexibility index (Phi) is 14.3. The molecule has 0 aromatic heterocycles. The normalized spacial score (nSPS) is 24.7. The van der Waals surface area contributed by atoms with Crippen LogP contribution in [0.15, 0.2) is 30.5 Å². The first kappa shape index (κ1) is 42.2. The van der Waals surface area contributed by atoms with Gasteiger partial charge in [0.05, 0.1) is 17.6 Å². The van der Waals surface area contributed by atoms with Crippen molar-refractivity contribution in [3.05, 3.63) is 47.2 Å². The number of nitrogens with zero attached hydrogens (tertiary/aromatic N) is 1. The van der Waals surface area contributed by atoms with Gasteiger partial charge in [-0.2, -0.15) is 0 Å². The minimum atomic E-state index is -1.83. The number of hydrogen-bond donors (Lipinski definition) is 6. The second-order valence-electron chi connectivity index (χ2n) is 15.1. The van der Waals surface area contributed by atoms with E-state index in [4.69, 9.17) is 9.47 Å². The third-order valence-electron chi connectivity index (χ3n) is 9.29. The molecule has 2 aliphatic heterocycles. The molecule has 8 atom stereocenters. The molecular weight excluding hydrogens is 678 g/mol. The lowest BCUT2D eigenvalue weighted by molar-refractivity contribution is -0.228. The van der Waals surface area contributed by atoms with Crippen LogP contribution in [0, 0.1) is 17.3 Å². The Morgan fingerprint density at radius 3 is 2.23 bits per heavy atom. The number of ether oxygens (including phenoxy) is 2. The summed E-state index contributed by atoms with van der Waals surface area (Å²) in [5.74, 6) is -4.23. The van der Waals surface area contributed by atoms with Gasteiger partial charge in [0.15, 0.2) is 11.9 Å². The van der Waals surface area contributed by atoms with Crippen molar-refractivity contribution >= 4 is 35.4 Å². The largest absolute Gasteiger partial charge is 0.479 e. The molecule has 2 heterocycles. The molecule has 15 nitrogen and oxygen atoms in total. The maximum atomic E-state index is 13.3. The fourth-order valence-electron chi connectivity index (χ4n) is 6.01. The summed E-state index contributed by atoms with van der Waals surface area (Å²) in [6.07, 6.45) is -7.56. The number of carboxylic acids is 1. The number of nitrogens with one attached hydrogen (secondary N) is 2. The summed E-state index contributed by atoms with van der Waals surface area (Å²) in [5.41, 5.74) is 1.50.